The van der Waals surface area contributed by atoms with Gasteiger partial charge >= 0.3 is 6.03 Å². The lowest BCUT2D eigenvalue weighted by Gasteiger charge is -2.38. The minimum absolute atomic E-state index is 0.301. The second kappa shape index (κ2) is 9.60. The highest BCUT2D eigenvalue weighted by atomic mass is 16.3. The van der Waals surface area contributed by atoms with Crippen molar-refractivity contribution in [2.75, 3.05) is 26.2 Å². The minimum Gasteiger partial charge on any atom is -0.385 e. The van der Waals surface area contributed by atoms with E-state index in [9.17, 15) is 14.7 Å². The first-order chi connectivity index (χ1) is 17.0. The van der Waals surface area contributed by atoms with Gasteiger partial charge < -0.3 is 15.3 Å². The second-order valence-corrected chi connectivity index (χ2v) is 9.31. The summed E-state index contributed by atoms with van der Waals surface area (Å²) >= 11 is 0. The van der Waals surface area contributed by atoms with E-state index in [0.29, 0.717) is 37.1 Å². The van der Waals surface area contributed by atoms with Crippen LogP contribution in [0.4, 0.5) is 4.79 Å². The van der Waals surface area contributed by atoms with Crippen molar-refractivity contribution in [3.8, 4) is 0 Å². The number of likely N-dealkylation sites (tertiary alicyclic amines) is 1. The van der Waals surface area contributed by atoms with Gasteiger partial charge in [-0.15, -0.1) is 0 Å². The van der Waals surface area contributed by atoms with Crippen molar-refractivity contribution in [2.24, 2.45) is 0 Å². The highest BCUT2D eigenvalue weighted by Crippen LogP contribution is 2.35. The maximum absolute atomic E-state index is 13.7. The number of urea groups is 1. The van der Waals surface area contributed by atoms with Crippen LogP contribution in [0.1, 0.15) is 36.1 Å². The third-order valence-corrected chi connectivity index (χ3v) is 7.21. The van der Waals surface area contributed by atoms with Crippen molar-refractivity contribution in [3.05, 3.63) is 102 Å². The molecule has 0 aliphatic carbocycles. The summed E-state index contributed by atoms with van der Waals surface area (Å²) in [4.78, 5) is 34.7. The molecule has 7 heteroatoms. The fraction of sp³-hybridized carbons (Fsp3) is 0.321. The number of pyridine rings is 1. The molecule has 2 aliphatic rings. The molecule has 0 bridgehead atoms. The topological polar surface area (TPSA) is 85.8 Å². The lowest BCUT2D eigenvalue weighted by atomic mass is 9.84. The Kier molecular flexibility index (Phi) is 6.36. The number of piperidine rings is 1. The second-order valence-electron chi connectivity index (χ2n) is 9.31. The van der Waals surface area contributed by atoms with Crippen molar-refractivity contribution >= 4 is 11.9 Å². The van der Waals surface area contributed by atoms with Crippen molar-refractivity contribution in [1.82, 2.24) is 20.1 Å². The van der Waals surface area contributed by atoms with Crippen LogP contribution in [0.2, 0.25) is 0 Å². The molecule has 3 aromatic rings. The number of hydrogen-bond acceptors (Lipinski definition) is 5. The van der Waals surface area contributed by atoms with Crippen LogP contribution in [-0.4, -0.2) is 58.0 Å². The predicted octanol–water partition coefficient (Wildman–Crippen LogP) is 3.25. The Morgan fingerprint density at radius 3 is 2.09 bits per heavy atom. The first kappa shape index (κ1) is 23.2. The van der Waals surface area contributed by atoms with Crippen LogP contribution < -0.4 is 5.32 Å². The molecule has 2 aromatic carbocycles. The number of imide groups is 1. The van der Waals surface area contributed by atoms with Gasteiger partial charge in [-0.3, -0.25) is 14.7 Å². The normalized spacial score (nSPS) is 22.3. The lowest BCUT2D eigenvalue weighted by Crippen LogP contribution is -2.46. The molecular formula is C28H30N4O3. The molecular weight excluding hydrogens is 440 g/mol. The molecule has 5 rings (SSSR count). The maximum Gasteiger partial charge on any atom is 0.325 e. The van der Waals surface area contributed by atoms with Crippen LogP contribution in [0.25, 0.3) is 0 Å². The van der Waals surface area contributed by atoms with E-state index in [-0.39, 0.29) is 5.91 Å². The van der Waals surface area contributed by atoms with E-state index in [1.165, 1.54) is 4.90 Å². The molecule has 1 atom stereocenters. The third-order valence-electron chi connectivity index (χ3n) is 7.21. The fourth-order valence-corrected chi connectivity index (χ4v) is 5.21. The van der Waals surface area contributed by atoms with Gasteiger partial charge in [-0.2, -0.15) is 0 Å². The number of amides is 3. The van der Waals surface area contributed by atoms with Gasteiger partial charge in [0.15, 0.2) is 5.54 Å². The summed E-state index contributed by atoms with van der Waals surface area (Å²) in [6.07, 6.45) is 3.62. The molecule has 2 fully saturated rings. The molecule has 1 aromatic heterocycles. The van der Waals surface area contributed by atoms with Gasteiger partial charge in [0.2, 0.25) is 0 Å². The van der Waals surface area contributed by atoms with E-state index < -0.39 is 17.2 Å². The van der Waals surface area contributed by atoms with Gasteiger partial charge in [0.25, 0.3) is 5.91 Å². The van der Waals surface area contributed by atoms with Gasteiger partial charge in [0.05, 0.1) is 11.3 Å². The summed E-state index contributed by atoms with van der Waals surface area (Å²) in [6, 6.07) is 24.1. The molecule has 35 heavy (non-hydrogen) atoms. The quantitative estimate of drug-likeness (QED) is 0.518. The molecule has 2 saturated heterocycles. The van der Waals surface area contributed by atoms with E-state index in [1.807, 2.05) is 66.7 Å². The van der Waals surface area contributed by atoms with Crippen molar-refractivity contribution < 1.29 is 14.7 Å². The maximum atomic E-state index is 13.7. The van der Waals surface area contributed by atoms with E-state index in [2.05, 4.69) is 15.2 Å². The smallest absolute Gasteiger partial charge is 0.325 e. The summed E-state index contributed by atoms with van der Waals surface area (Å²) in [7, 11) is 0. The van der Waals surface area contributed by atoms with Crippen LogP contribution in [0.3, 0.4) is 0 Å². The molecule has 2 aliphatic heterocycles. The van der Waals surface area contributed by atoms with E-state index in [0.717, 1.165) is 25.2 Å². The van der Waals surface area contributed by atoms with Gasteiger partial charge in [-0.25, -0.2) is 4.79 Å². The van der Waals surface area contributed by atoms with E-state index >= 15 is 0 Å². The Hall–Kier alpha value is -3.55. The molecule has 0 radical (unpaired) electrons. The third kappa shape index (κ3) is 4.33. The summed E-state index contributed by atoms with van der Waals surface area (Å²) in [6.45, 7) is 2.62. The molecule has 3 amide bonds. The van der Waals surface area contributed by atoms with Gasteiger partial charge in [-0.1, -0.05) is 66.7 Å². The van der Waals surface area contributed by atoms with Crippen molar-refractivity contribution in [1.29, 1.82) is 0 Å². The monoisotopic (exact) mass is 470 g/mol. The number of benzene rings is 2. The zero-order valence-corrected chi connectivity index (χ0v) is 19.6. The summed E-state index contributed by atoms with van der Waals surface area (Å²) < 4.78 is 0. The number of aromatic nitrogens is 1. The Morgan fingerprint density at radius 2 is 1.46 bits per heavy atom. The molecule has 180 valence electrons. The minimum atomic E-state index is -1.32. The van der Waals surface area contributed by atoms with Crippen LogP contribution in [-0.2, 0) is 15.9 Å². The Balaban J connectivity index is 1.24. The number of hydrogen-bond donors (Lipinski definition) is 2. The molecule has 0 spiro atoms. The van der Waals surface area contributed by atoms with Crippen LogP contribution in [0, 0.1) is 0 Å². The van der Waals surface area contributed by atoms with Gasteiger partial charge in [-0.05, 0) is 49.1 Å². The van der Waals surface area contributed by atoms with Crippen molar-refractivity contribution in [2.45, 2.75) is 30.4 Å². The molecule has 0 saturated carbocycles. The highest BCUT2D eigenvalue weighted by molar-refractivity contribution is 6.09. The number of aliphatic hydroxyl groups is 1. The molecule has 1 unspecified atom stereocenters. The Labute approximate surface area is 205 Å². The number of nitrogens with one attached hydrogen (secondary N) is 1. The summed E-state index contributed by atoms with van der Waals surface area (Å²) in [5.41, 5.74) is 0.0436. The SMILES string of the molecule is O=C1NC(c2ccccc2)(c2ccccn2)C(=O)N1CCCN1CCC(O)(c2ccccc2)CC1. The molecule has 2 N–H and O–H groups in total. The molecule has 3 heterocycles. The van der Waals surface area contributed by atoms with Crippen molar-refractivity contribution in [3.63, 3.8) is 0 Å². The summed E-state index contributed by atoms with van der Waals surface area (Å²) in [5, 5.41) is 14.0. The van der Waals surface area contributed by atoms with E-state index in [1.54, 1.807) is 18.3 Å². The van der Waals surface area contributed by atoms with Gasteiger partial charge in [0, 0.05) is 25.8 Å². The average molecular weight is 471 g/mol. The Morgan fingerprint density at radius 1 is 0.829 bits per heavy atom. The number of carbonyl (C=O) groups is 2. The number of carbonyl (C=O) groups excluding carboxylic acids is 2. The largest absolute Gasteiger partial charge is 0.385 e. The number of nitrogens with zero attached hydrogens (tertiary/aromatic N) is 3. The zero-order valence-electron chi connectivity index (χ0n) is 19.6. The van der Waals surface area contributed by atoms with Crippen LogP contribution in [0.5, 0.6) is 0 Å². The Bertz CT molecular complexity index is 1120. The zero-order chi connectivity index (χ0) is 24.3. The summed E-state index contributed by atoms with van der Waals surface area (Å²) in [5.74, 6) is -0.301. The fourth-order valence-electron chi connectivity index (χ4n) is 5.21. The first-order valence-electron chi connectivity index (χ1n) is 12.1. The predicted molar refractivity (Wildman–Crippen MR) is 132 cm³/mol. The van der Waals surface area contributed by atoms with Crippen LogP contribution in [0.15, 0.2) is 85.1 Å². The van der Waals surface area contributed by atoms with Crippen LogP contribution >= 0.6 is 0 Å². The average Bonchev–Trinajstić information content (AvgIpc) is 3.17. The standard InChI is InChI=1S/C28H30N4O3/c33-25-28(23-12-5-2-6-13-23,24-14-7-8-17-29-24)30-26(34)32(25)19-9-18-31-20-15-27(35,16-21-31)22-10-3-1-4-11-22/h1-8,10-14,17,35H,9,15-16,18-21H2,(H,30,34). The molecule has 7 nitrogen and oxygen atoms in total. The first-order valence-corrected chi connectivity index (χ1v) is 12.1. The highest BCUT2D eigenvalue weighted by Gasteiger charge is 2.54. The van der Waals surface area contributed by atoms with Gasteiger partial charge in [0.1, 0.15) is 0 Å². The lowest BCUT2D eigenvalue weighted by molar-refractivity contribution is -0.130. The van der Waals surface area contributed by atoms with E-state index in [4.69, 9.17) is 0 Å². The number of rotatable bonds is 7.